The molecular weight excluding hydrogens is 317 g/mol. The van der Waals surface area contributed by atoms with Crippen LogP contribution in [-0.4, -0.2) is 9.38 Å². The minimum absolute atomic E-state index is 0.274. The Balaban J connectivity index is 1.66. The number of halogens is 1. The first-order valence-corrected chi connectivity index (χ1v) is 7.90. The molecular formula is C20H16FN3O. The molecule has 25 heavy (non-hydrogen) atoms. The zero-order valence-corrected chi connectivity index (χ0v) is 13.4. The van der Waals surface area contributed by atoms with Gasteiger partial charge >= 0.3 is 0 Å². The lowest BCUT2D eigenvalue weighted by atomic mass is 10.1. The van der Waals surface area contributed by atoms with E-state index in [0.29, 0.717) is 17.1 Å². The maximum Gasteiger partial charge on any atom is 0.180 e. The molecule has 0 aliphatic heterocycles. The molecule has 0 saturated heterocycles. The fourth-order valence-electron chi connectivity index (χ4n) is 2.72. The normalized spacial score (nSPS) is 10.9. The van der Waals surface area contributed by atoms with Crippen LogP contribution in [0.4, 0.5) is 10.1 Å². The Kier molecular flexibility index (Phi) is 3.82. The number of nitrogens with zero attached hydrogens (tertiary/aromatic N) is 2. The maximum absolute atomic E-state index is 13.3. The molecule has 0 unspecified atom stereocenters. The van der Waals surface area contributed by atoms with E-state index in [1.54, 1.807) is 6.07 Å². The molecule has 4 aromatic rings. The van der Waals surface area contributed by atoms with E-state index < -0.39 is 0 Å². The Morgan fingerprint density at radius 3 is 2.76 bits per heavy atom. The summed E-state index contributed by atoms with van der Waals surface area (Å²) in [6.07, 6.45) is 3.84. The van der Waals surface area contributed by atoms with E-state index in [4.69, 9.17) is 10.5 Å². The number of hydrogen-bond donors (Lipinski definition) is 1. The van der Waals surface area contributed by atoms with Crippen molar-refractivity contribution >= 4 is 11.3 Å². The third-order valence-electron chi connectivity index (χ3n) is 3.91. The lowest BCUT2D eigenvalue weighted by Crippen LogP contribution is -1.98. The van der Waals surface area contributed by atoms with Crippen LogP contribution in [0, 0.1) is 5.82 Å². The fraction of sp³-hybridized carbons (Fsp3) is 0.0500. The lowest BCUT2D eigenvalue weighted by molar-refractivity contribution is 0.307. The summed E-state index contributed by atoms with van der Waals surface area (Å²) in [7, 11) is 0. The van der Waals surface area contributed by atoms with Gasteiger partial charge in [0.15, 0.2) is 11.4 Å². The lowest BCUT2D eigenvalue weighted by Gasteiger charge is -2.07. The van der Waals surface area contributed by atoms with Crippen molar-refractivity contribution in [2.75, 3.05) is 5.73 Å². The Hall–Kier alpha value is -3.34. The van der Waals surface area contributed by atoms with E-state index in [1.165, 1.54) is 12.1 Å². The second-order valence-electron chi connectivity index (χ2n) is 5.77. The molecule has 4 nitrogen and oxygen atoms in total. The third-order valence-corrected chi connectivity index (χ3v) is 3.91. The van der Waals surface area contributed by atoms with Gasteiger partial charge in [-0.15, -0.1) is 0 Å². The second kappa shape index (κ2) is 6.28. The number of fused-ring (bicyclic) bond motifs is 1. The van der Waals surface area contributed by atoms with Crippen molar-refractivity contribution in [3.63, 3.8) is 0 Å². The summed E-state index contributed by atoms with van der Waals surface area (Å²) in [5.74, 6) is 0.367. The maximum atomic E-state index is 13.3. The molecule has 0 aliphatic carbocycles. The molecule has 0 spiro atoms. The van der Waals surface area contributed by atoms with Gasteiger partial charge in [-0.1, -0.05) is 24.3 Å². The van der Waals surface area contributed by atoms with Crippen molar-refractivity contribution < 1.29 is 9.13 Å². The summed E-state index contributed by atoms with van der Waals surface area (Å²) >= 11 is 0. The standard InChI is InChI=1S/C20H16FN3O/c21-16-6-1-4-14(10-16)13-25-19-8-3-9-24-12-18(23-20(19)24)15-5-2-7-17(22)11-15/h1-12H,13,22H2. The van der Waals surface area contributed by atoms with Gasteiger partial charge in [-0.3, -0.25) is 0 Å². The van der Waals surface area contributed by atoms with E-state index in [-0.39, 0.29) is 12.4 Å². The molecule has 0 atom stereocenters. The summed E-state index contributed by atoms with van der Waals surface area (Å²) in [6.45, 7) is 0.276. The summed E-state index contributed by atoms with van der Waals surface area (Å²) in [5.41, 5.74) is 9.78. The number of rotatable bonds is 4. The molecule has 0 amide bonds. The van der Waals surface area contributed by atoms with Crippen LogP contribution < -0.4 is 10.5 Å². The van der Waals surface area contributed by atoms with E-state index in [9.17, 15) is 4.39 Å². The molecule has 2 N–H and O–H groups in total. The van der Waals surface area contributed by atoms with Crippen molar-refractivity contribution in [3.05, 3.63) is 84.4 Å². The second-order valence-corrected chi connectivity index (χ2v) is 5.77. The van der Waals surface area contributed by atoms with Gasteiger partial charge in [0.1, 0.15) is 12.4 Å². The molecule has 0 bridgehead atoms. The average molecular weight is 333 g/mol. The molecule has 0 aliphatic rings. The Labute approximate surface area is 144 Å². The first-order valence-electron chi connectivity index (χ1n) is 7.90. The number of nitrogens with two attached hydrogens (primary N) is 1. The van der Waals surface area contributed by atoms with Gasteiger partial charge in [-0.25, -0.2) is 9.37 Å². The van der Waals surface area contributed by atoms with Crippen molar-refractivity contribution in [2.45, 2.75) is 6.61 Å². The first kappa shape index (κ1) is 15.2. The van der Waals surface area contributed by atoms with Crippen molar-refractivity contribution in [2.24, 2.45) is 0 Å². The molecule has 2 aromatic carbocycles. The van der Waals surface area contributed by atoms with Gasteiger partial charge in [0.2, 0.25) is 0 Å². The SMILES string of the molecule is Nc1cccc(-c2cn3cccc(OCc4cccc(F)c4)c3n2)c1. The van der Waals surface area contributed by atoms with Crippen LogP contribution in [0.1, 0.15) is 5.56 Å². The predicted molar refractivity (Wildman–Crippen MR) is 95.8 cm³/mol. The highest BCUT2D eigenvalue weighted by Gasteiger charge is 2.09. The fourth-order valence-corrected chi connectivity index (χ4v) is 2.72. The van der Waals surface area contributed by atoms with E-state index in [0.717, 1.165) is 16.8 Å². The number of hydrogen-bond acceptors (Lipinski definition) is 3. The van der Waals surface area contributed by atoms with Gasteiger partial charge in [-0.05, 0) is 42.0 Å². The van der Waals surface area contributed by atoms with Crippen LogP contribution >= 0.6 is 0 Å². The number of nitrogen functional groups attached to an aromatic ring is 1. The van der Waals surface area contributed by atoms with Crippen LogP contribution in [0.3, 0.4) is 0 Å². The van der Waals surface area contributed by atoms with Gasteiger partial charge in [0.05, 0.1) is 5.69 Å². The number of anilines is 1. The smallest absolute Gasteiger partial charge is 0.180 e. The summed E-state index contributed by atoms with van der Waals surface area (Å²) in [6, 6.07) is 17.7. The molecule has 5 heteroatoms. The molecule has 2 aromatic heterocycles. The van der Waals surface area contributed by atoms with Crippen LogP contribution in [0.5, 0.6) is 5.75 Å². The number of ether oxygens (including phenoxy) is 1. The van der Waals surface area contributed by atoms with E-state index in [1.807, 2.05) is 59.3 Å². The average Bonchev–Trinajstić information content (AvgIpc) is 3.05. The van der Waals surface area contributed by atoms with Crippen molar-refractivity contribution in [3.8, 4) is 17.0 Å². The highest BCUT2D eigenvalue weighted by atomic mass is 19.1. The molecule has 124 valence electrons. The summed E-state index contributed by atoms with van der Waals surface area (Å²) < 4.78 is 21.0. The Bertz CT molecular complexity index is 1040. The van der Waals surface area contributed by atoms with Gasteiger partial charge in [0.25, 0.3) is 0 Å². The Morgan fingerprint density at radius 1 is 1.04 bits per heavy atom. The molecule has 4 rings (SSSR count). The molecule has 2 heterocycles. The summed E-state index contributed by atoms with van der Waals surface area (Å²) in [4.78, 5) is 4.66. The summed E-state index contributed by atoms with van der Waals surface area (Å²) in [5, 5.41) is 0. The first-order chi connectivity index (χ1) is 12.2. The quantitative estimate of drug-likeness (QED) is 0.567. The van der Waals surface area contributed by atoms with Crippen molar-refractivity contribution in [1.82, 2.24) is 9.38 Å². The molecule has 0 saturated carbocycles. The highest BCUT2D eigenvalue weighted by Crippen LogP contribution is 2.26. The van der Waals surface area contributed by atoms with Crippen LogP contribution in [-0.2, 0) is 6.61 Å². The number of aromatic nitrogens is 2. The molecule has 0 radical (unpaired) electrons. The number of imidazole rings is 1. The monoisotopic (exact) mass is 333 g/mol. The molecule has 0 fully saturated rings. The van der Waals surface area contributed by atoms with Gasteiger partial charge in [0, 0.05) is 23.6 Å². The topological polar surface area (TPSA) is 52.5 Å². The van der Waals surface area contributed by atoms with Gasteiger partial charge in [-0.2, -0.15) is 0 Å². The van der Waals surface area contributed by atoms with Gasteiger partial charge < -0.3 is 14.9 Å². The van der Waals surface area contributed by atoms with E-state index >= 15 is 0 Å². The largest absolute Gasteiger partial charge is 0.485 e. The van der Waals surface area contributed by atoms with Crippen LogP contribution in [0.2, 0.25) is 0 Å². The number of pyridine rings is 1. The minimum Gasteiger partial charge on any atom is -0.485 e. The van der Waals surface area contributed by atoms with Crippen LogP contribution in [0.25, 0.3) is 16.9 Å². The Morgan fingerprint density at radius 2 is 1.92 bits per heavy atom. The minimum atomic E-state index is -0.274. The number of benzene rings is 2. The zero-order valence-electron chi connectivity index (χ0n) is 13.4. The highest BCUT2D eigenvalue weighted by molar-refractivity contribution is 5.68. The van der Waals surface area contributed by atoms with Crippen molar-refractivity contribution in [1.29, 1.82) is 0 Å². The van der Waals surface area contributed by atoms with Crippen LogP contribution in [0.15, 0.2) is 73.1 Å². The predicted octanol–water partition coefficient (Wildman–Crippen LogP) is 4.30. The zero-order chi connectivity index (χ0) is 17.2. The van der Waals surface area contributed by atoms with E-state index in [2.05, 4.69) is 4.98 Å². The third kappa shape index (κ3) is 3.17.